The first-order valence-electron chi connectivity index (χ1n) is 9.53. The number of ether oxygens (including phenoxy) is 1. The summed E-state index contributed by atoms with van der Waals surface area (Å²) in [7, 11) is 0. The first kappa shape index (κ1) is 22.1. The molecular weight excluding hydrogens is 376 g/mol. The number of nitrogens with one attached hydrogen (secondary N) is 1. The average Bonchev–Trinajstić information content (AvgIpc) is 2.62. The molecule has 0 aromatic heterocycles. The summed E-state index contributed by atoms with van der Waals surface area (Å²) in [6.45, 7) is 16.1. The van der Waals surface area contributed by atoms with Crippen LogP contribution in [-0.4, -0.2) is 36.6 Å². The van der Waals surface area contributed by atoms with E-state index in [4.69, 9.17) is 16.3 Å². The van der Waals surface area contributed by atoms with E-state index in [1.807, 2.05) is 6.08 Å². The highest BCUT2D eigenvalue weighted by molar-refractivity contribution is 7.97. The molecule has 1 aliphatic rings. The molecule has 5 heteroatoms. The van der Waals surface area contributed by atoms with Gasteiger partial charge in [0.15, 0.2) is 0 Å². The lowest BCUT2D eigenvalue weighted by Gasteiger charge is -2.25. The molecule has 0 spiro atoms. The van der Waals surface area contributed by atoms with Crippen LogP contribution in [0.25, 0.3) is 0 Å². The lowest BCUT2D eigenvalue weighted by molar-refractivity contribution is 0.162. The quantitative estimate of drug-likeness (QED) is 0.401. The summed E-state index contributed by atoms with van der Waals surface area (Å²) >= 11 is 7.55. The predicted molar refractivity (Wildman–Crippen MR) is 119 cm³/mol. The van der Waals surface area contributed by atoms with Gasteiger partial charge < -0.3 is 10.1 Å². The molecule has 1 fully saturated rings. The summed E-state index contributed by atoms with van der Waals surface area (Å²) in [4.78, 5) is 1.20. The second-order valence-corrected chi connectivity index (χ2v) is 8.94. The van der Waals surface area contributed by atoms with Gasteiger partial charge in [-0.3, -0.25) is 0 Å². The van der Waals surface area contributed by atoms with Crippen molar-refractivity contribution in [3.05, 3.63) is 60.2 Å². The van der Waals surface area contributed by atoms with Crippen molar-refractivity contribution in [2.75, 3.05) is 26.2 Å². The van der Waals surface area contributed by atoms with Crippen molar-refractivity contribution in [3.8, 4) is 5.75 Å². The molecule has 2 rings (SSSR count). The fraction of sp³-hybridized carbons (Fsp3) is 0.455. The average molecular weight is 407 g/mol. The number of hydrogen-bond acceptors (Lipinski definition) is 4. The summed E-state index contributed by atoms with van der Waals surface area (Å²) < 4.78 is 8.42. The van der Waals surface area contributed by atoms with Gasteiger partial charge >= 0.3 is 0 Å². The summed E-state index contributed by atoms with van der Waals surface area (Å²) in [5.41, 5.74) is 1.01. The second kappa shape index (κ2) is 11.6. The molecule has 1 aromatic carbocycles. The lowest BCUT2D eigenvalue weighted by Crippen LogP contribution is -2.34. The Kier molecular flexibility index (Phi) is 9.49. The third-order valence-corrected chi connectivity index (χ3v) is 5.24. The highest BCUT2D eigenvalue weighted by Crippen LogP contribution is 2.27. The van der Waals surface area contributed by atoms with Crippen LogP contribution in [0.4, 0.5) is 0 Å². The van der Waals surface area contributed by atoms with Crippen LogP contribution >= 0.6 is 23.5 Å². The monoisotopic (exact) mass is 406 g/mol. The van der Waals surface area contributed by atoms with Crippen LogP contribution in [0.5, 0.6) is 5.75 Å². The third kappa shape index (κ3) is 9.02. The molecule has 0 bridgehead atoms. The van der Waals surface area contributed by atoms with E-state index in [0.717, 1.165) is 50.3 Å². The molecule has 148 valence electrons. The lowest BCUT2D eigenvalue weighted by atomic mass is 10.1. The number of piperidine rings is 1. The molecule has 0 atom stereocenters. The van der Waals surface area contributed by atoms with Gasteiger partial charge in [0.25, 0.3) is 0 Å². The Morgan fingerprint density at radius 1 is 1.26 bits per heavy atom. The number of rotatable bonds is 10. The van der Waals surface area contributed by atoms with Crippen LogP contribution in [0.1, 0.15) is 26.7 Å². The number of allylic oxidation sites excluding steroid dienone is 2. The maximum Gasteiger partial charge on any atom is 0.119 e. The fourth-order valence-electron chi connectivity index (χ4n) is 2.86. The zero-order chi connectivity index (χ0) is 19.6. The zero-order valence-electron chi connectivity index (χ0n) is 16.4. The minimum atomic E-state index is 0.328. The van der Waals surface area contributed by atoms with Crippen molar-refractivity contribution in [3.63, 3.8) is 0 Å². The van der Waals surface area contributed by atoms with Crippen LogP contribution in [0.3, 0.4) is 0 Å². The predicted octanol–water partition coefficient (Wildman–Crippen LogP) is 5.65. The maximum atomic E-state index is 6.09. The van der Waals surface area contributed by atoms with Gasteiger partial charge in [0.2, 0.25) is 0 Å². The van der Waals surface area contributed by atoms with E-state index in [0.29, 0.717) is 17.1 Å². The Morgan fingerprint density at radius 2 is 1.93 bits per heavy atom. The largest absolute Gasteiger partial charge is 0.490 e. The van der Waals surface area contributed by atoms with Gasteiger partial charge in [0.05, 0.1) is 0 Å². The molecule has 0 unspecified atom stereocenters. The fourth-order valence-corrected chi connectivity index (χ4v) is 4.08. The molecule has 1 aliphatic heterocycles. The molecule has 27 heavy (non-hydrogen) atoms. The molecule has 0 radical (unpaired) electrons. The molecule has 1 heterocycles. The van der Waals surface area contributed by atoms with E-state index >= 15 is 0 Å². The number of halogens is 1. The second-order valence-electron chi connectivity index (χ2n) is 7.28. The van der Waals surface area contributed by atoms with Gasteiger partial charge in [-0.15, -0.1) is 0 Å². The van der Waals surface area contributed by atoms with Gasteiger partial charge in [-0.05, 0) is 79.7 Å². The van der Waals surface area contributed by atoms with Crippen LogP contribution in [0, 0.1) is 5.92 Å². The van der Waals surface area contributed by atoms with E-state index in [2.05, 4.69) is 60.9 Å². The molecule has 1 N–H and O–H groups in total. The van der Waals surface area contributed by atoms with E-state index in [1.54, 1.807) is 18.0 Å². The highest BCUT2D eigenvalue weighted by atomic mass is 35.5. The van der Waals surface area contributed by atoms with Crippen LogP contribution in [-0.2, 0) is 0 Å². The summed E-state index contributed by atoms with van der Waals surface area (Å²) in [5, 5.41) is 3.88. The van der Waals surface area contributed by atoms with E-state index in [1.165, 1.54) is 4.90 Å². The summed E-state index contributed by atoms with van der Waals surface area (Å²) in [6.07, 6.45) is 6.19. The summed E-state index contributed by atoms with van der Waals surface area (Å²) in [6, 6.07) is 8.41. The molecule has 0 amide bonds. The Balaban J connectivity index is 1.93. The number of nitrogens with zero attached hydrogens (tertiary/aromatic N) is 1. The van der Waals surface area contributed by atoms with Gasteiger partial charge in [-0.25, -0.2) is 4.31 Å². The summed E-state index contributed by atoms with van der Waals surface area (Å²) in [5.74, 6) is 1.52. The topological polar surface area (TPSA) is 24.5 Å². The third-order valence-electron chi connectivity index (χ3n) is 4.10. The first-order chi connectivity index (χ1) is 12.9. The van der Waals surface area contributed by atoms with E-state index in [-0.39, 0.29) is 0 Å². The Bertz CT molecular complexity index is 636. The highest BCUT2D eigenvalue weighted by Gasteiger charge is 2.15. The van der Waals surface area contributed by atoms with Crippen molar-refractivity contribution >= 4 is 23.5 Å². The van der Waals surface area contributed by atoms with Crippen molar-refractivity contribution in [1.29, 1.82) is 0 Å². The Morgan fingerprint density at radius 3 is 2.52 bits per heavy atom. The molecule has 1 saturated heterocycles. The molecule has 0 aliphatic carbocycles. The number of hydrogen-bond donors (Lipinski definition) is 1. The van der Waals surface area contributed by atoms with Gasteiger partial charge in [0.1, 0.15) is 11.9 Å². The zero-order valence-corrected chi connectivity index (χ0v) is 18.0. The SMILES string of the molecule is C=C(Cl)/C=C\C(=C)CN(CC(C)C)Sc1ccc(OC2CCNCC2)cc1. The standard InChI is InChI=1S/C22H31ClN2OS/c1-17(2)15-25(16-18(3)5-6-19(4)23)27-22-9-7-20(8-10-22)26-21-11-13-24-14-12-21/h5-10,17,21,24H,3-4,11-16H2,1-2H3/b6-5-. The van der Waals surface area contributed by atoms with Crippen molar-refractivity contribution in [2.45, 2.75) is 37.7 Å². The van der Waals surface area contributed by atoms with Crippen LogP contribution in [0.15, 0.2) is 65.1 Å². The van der Waals surface area contributed by atoms with Gasteiger partial charge in [-0.2, -0.15) is 0 Å². The molecule has 0 saturated carbocycles. The smallest absolute Gasteiger partial charge is 0.119 e. The van der Waals surface area contributed by atoms with Crippen LogP contribution in [0.2, 0.25) is 0 Å². The van der Waals surface area contributed by atoms with Crippen molar-refractivity contribution in [1.82, 2.24) is 9.62 Å². The Labute approximate surface area is 173 Å². The van der Waals surface area contributed by atoms with Crippen molar-refractivity contribution in [2.24, 2.45) is 5.92 Å². The first-order valence-corrected chi connectivity index (χ1v) is 10.7. The van der Waals surface area contributed by atoms with E-state index in [9.17, 15) is 0 Å². The number of benzene rings is 1. The minimum absolute atomic E-state index is 0.328. The molecule has 3 nitrogen and oxygen atoms in total. The minimum Gasteiger partial charge on any atom is -0.490 e. The maximum absolute atomic E-state index is 6.09. The van der Waals surface area contributed by atoms with E-state index < -0.39 is 0 Å². The van der Waals surface area contributed by atoms with Crippen LogP contribution < -0.4 is 10.1 Å². The van der Waals surface area contributed by atoms with Gasteiger partial charge in [0, 0.05) is 23.0 Å². The molecule has 1 aromatic rings. The van der Waals surface area contributed by atoms with Gasteiger partial charge in [-0.1, -0.05) is 44.7 Å². The molecular formula is C22H31ClN2OS. The van der Waals surface area contributed by atoms with Crippen molar-refractivity contribution < 1.29 is 4.74 Å². The Hall–Kier alpha value is -1.20. The normalized spacial score (nSPS) is 15.6.